The highest BCUT2D eigenvalue weighted by atomic mass is 79.9. The third-order valence-electron chi connectivity index (χ3n) is 3.20. The van der Waals surface area contributed by atoms with Crippen molar-refractivity contribution in [3.63, 3.8) is 0 Å². The molecule has 1 aromatic rings. The molecule has 0 atom stereocenters. The van der Waals surface area contributed by atoms with Crippen LogP contribution in [0.1, 0.15) is 25.8 Å². The van der Waals surface area contributed by atoms with E-state index in [2.05, 4.69) is 15.9 Å². The largest absolute Gasteiger partial charge is 0.496 e. The van der Waals surface area contributed by atoms with Crippen LogP contribution in [-0.2, 0) is 20.7 Å². The minimum absolute atomic E-state index is 0.00941. The zero-order valence-electron chi connectivity index (χ0n) is 13.2. The van der Waals surface area contributed by atoms with Crippen LogP contribution in [0.25, 0.3) is 0 Å². The van der Waals surface area contributed by atoms with Crippen LogP contribution in [-0.4, -0.2) is 43.6 Å². The van der Waals surface area contributed by atoms with Gasteiger partial charge in [0.1, 0.15) is 12.3 Å². The first-order valence-corrected chi connectivity index (χ1v) is 8.06. The van der Waals surface area contributed by atoms with Crippen molar-refractivity contribution < 1.29 is 19.1 Å². The molecule has 0 aromatic heterocycles. The number of esters is 1. The fraction of sp³-hybridized carbons (Fsp3) is 0.500. The van der Waals surface area contributed by atoms with Crippen LogP contribution in [0.2, 0.25) is 0 Å². The summed E-state index contributed by atoms with van der Waals surface area (Å²) in [7, 11) is 1.61. The fourth-order valence-electron chi connectivity index (χ4n) is 2.01. The van der Waals surface area contributed by atoms with E-state index in [1.165, 1.54) is 4.90 Å². The van der Waals surface area contributed by atoms with Gasteiger partial charge in [-0.15, -0.1) is 0 Å². The Morgan fingerprint density at radius 3 is 2.55 bits per heavy atom. The van der Waals surface area contributed by atoms with E-state index in [1.54, 1.807) is 14.0 Å². The summed E-state index contributed by atoms with van der Waals surface area (Å²) in [6, 6.07) is 5.73. The number of benzene rings is 1. The van der Waals surface area contributed by atoms with Gasteiger partial charge in [-0.3, -0.25) is 9.59 Å². The van der Waals surface area contributed by atoms with Crippen LogP contribution in [0.3, 0.4) is 0 Å². The van der Waals surface area contributed by atoms with Gasteiger partial charge in [0.2, 0.25) is 5.91 Å². The third-order valence-corrected chi connectivity index (χ3v) is 3.82. The molecule has 0 saturated carbocycles. The van der Waals surface area contributed by atoms with Gasteiger partial charge < -0.3 is 14.4 Å². The van der Waals surface area contributed by atoms with E-state index in [4.69, 9.17) is 9.47 Å². The van der Waals surface area contributed by atoms with E-state index in [0.717, 1.165) is 15.8 Å². The Balaban J connectivity index is 2.56. The molecule has 6 heteroatoms. The number of amides is 1. The molecule has 0 saturated heterocycles. The molecule has 122 valence electrons. The normalized spacial score (nSPS) is 10.2. The smallest absolute Gasteiger partial charge is 0.325 e. The Kier molecular flexibility index (Phi) is 7.95. The van der Waals surface area contributed by atoms with Gasteiger partial charge in [0.15, 0.2) is 0 Å². The molecular formula is C16H22BrNO4. The lowest BCUT2D eigenvalue weighted by atomic mass is 10.1. The number of carbonyl (C=O) groups is 2. The monoisotopic (exact) mass is 371 g/mol. The van der Waals surface area contributed by atoms with Crippen molar-refractivity contribution in [3.05, 3.63) is 28.2 Å². The molecule has 22 heavy (non-hydrogen) atoms. The Hall–Kier alpha value is -1.56. The van der Waals surface area contributed by atoms with Crippen LogP contribution in [0.15, 0.2) is 22.7 Å². The topological polar surface area (TPSA) is 55.8 Å². The first-order chi connectivity index (χ1) is 10.5. The Labute approximate surface area is 139 Å². The summed E-state index contributed by atoms with van der Waals surface area (Å²) in [6.07, 6.45) is 0.965. The number of hydrogen-bond acceptors (Lipinski definition) is 4. The molecule has 0 radical (unpaired) electrons. The quantitative estimate of drug-likeness (QED) is 0.659. The second-order valence-corrected chi connectivity index (χ2v) is 5.54. The van der Waals surface area contributed by atoms with Crippen LogP contribution < -0.4 is 4.74 Å². The minimum atomic E-state index is -0.370. The number of ether oxygens (including phenoxy) is 2. The number of halogens is 1. The molecular weight excluding hydrogens is 350 g/mol. The second kappa shape index (κ2) is 9.46. The van der Waals surface area contributed by atoms with Gasteiger partial charge in [0.05, 0.1) is 18.2 Å². The Morgan fingerprint density at radius 2 is 2.00 bits per heavy atom. The summed E-state index contributed by atoms with van der Waals surface area (Å²) in [5, 5.41) is 0. The summed E-state index contributed by atoms with van der Waals surface area (Å²) in [5.41, 5.74) is 1.04. The third kappa shape index (κ3) is 5.67. The average Bonchev–Trinajstić information content (AvgIpc) is 2.50. The number of methoxy groups -OCH3 is 1. The summed E-state index contributed by atoms with van der Waals surface area (Å²) in [5.74, 6) is 0.333. The van der Waals surface area contributed by atoms with Gasteiger partial charge in [0.25, 0.3) is 0 Å². The van der Waals surface area contributed by atoms with E-state index in [9.17, 15) is 9.59 Å². The maximum atomic E-state index is 12.2. The van der Waals surface area contributed by atoms with Crippen molar-refractivity contribution in [2.24, 2.45) is 0 Å². The van der Waals surface area contributed by atoms with Crippen LogP contribution in [0.4, 0.5) is 0 Å². The SMILES string of the molecule is CCOC(=O)CN(CC)C(=O)CCc1ccc(OC)c(Br)c1. The van der Waals surface area contributed by atoms with Gasteiger partial charge in [-0.05, 0) is 53.9 Å². The lowest BCUT2D eigenvalue weighted by molar-refractivity contribution is -0.148. The summed E-state index contributed by atoms with van der Waals surface area (Å²) in [4.78, 5) is 25.2. The van der Waals surface area contributed by atoms with Crippen molar-refractivity contribution in [3.8, 4) is 5.75 Å². The van der Waals surface area contributed by atoms with Crippen LogP contribution >= 0.6 is 15.9 Å². The molecule has 1 rings (SSSR count). The van der Waals surface area contributed by atoms with Gasteiger partial charge in [-0.25, -0.2) is 0 Å². The highest BCUT2D eigenvalue weighted by Crippen LogP contribution is 2.26. The molecule has 5 nitrogen and oxygen atoms in total. The summed E-state index contributed by atoms with van der Waals surface area (Å²) >= 11 is 3.43. The van der Waals surface area contributed by atoms with E-state index in [-0.39, 0.29) is 18.4 Å². The molecule has 0 aliphatic carbocycles. The lowest BCUT2D eigenvalue weighted by Crippen LogP contribution is -2.36. The predicted molar refractivity (Wildman–Crippen MR) is 87.9 cm³/mol. The predicted octanol–water partition coefficient (Wildman–Crippen LogP) is 2.80. The molecule has 1 aromatic carbocycles. The number of nitrogens with zero attached hydrogens (tertiary/aromatic N) is 1. The van der Waals surface area contributed by atoms with Crippen molar-refractivity contribution in [1.82, 2.24) is 4.90 Å². The van der Waals surface area contributed by atoms with Gasteiger partial charge in [-0.1, -0.05) is 6.07 Å². The molecule has 0 aliphatic heterocycles. The number of hydrogen-bond donors (Lipinski definition) is 0. The van der Waals surface area contributed by atoms with E-state index < -0.39 is 0 Å². The molecule has 1 amide bonds. The second-order valence-electron chi connectivity index (χ2n) is 4.68. The Morgan fingerprint density at radius 1 is 1.27 bits per heavy atom. The first kappa shape index (κ1) is 18.5. The first-order valence-electron chi connectivity index (χ1n) is 7.27. The molecule has 0 N–H and O–H groups in total. The van der Waals surface area contributed by atoms with Gasteiger partial charge >= 0.3 is 5.97 Å². The molecule has 0 aliphatic rings. The van der Waals surface area contributed by atoms with Crippen molar-refractivity contribution in [1.29, 1.82) is 0 Å². The van der Waals surface area contributed by atoms with E-state index >= 15 is 0 Å². The van der Waals surface area contributed by atoms with E-state index in [1.807, 2.05) is 25.1 Å². The molecule has 0 fully saturated rings. The number of carbonyl (C=O) groups excluding carboxylic acids is 2. The van der Waals surface area contributed by atoms with Crippen molar-refractivity contribution >= 4 is 27.8 Å². The molecule has 0 spiro atoms. The standard InChI is InChI=1S/C16H22BrNO4/c1-4-18(11-16(20)22-5-2)15(19)9-7-12-6-8-14(21-3)13(17)10-12/h6,8,10H,4-5,7,9,11H2,1-3H3. The lowest BCUT2D eigenvalue weighted by Gasteiger charge is -2.19. The molecule has 0 bridgehead atoms. The highest BCUT2D eigenvalue weighted by molar-refractivity contribution is 9.10. The maximum Gasteiger partial charge on any atom is 0.325 e. The van der Waals surface area contributed by atoms with Crippen LogP contribution in [0.5, 0.6) is 5.75 Å². The van der Waals surface area contributed by atoms with E-state index in [0.29, 0.717) is 26.0 Å². The Bertz CT molecular complexity index is 519. The zero-order chi connectivity index (χ0) is 16.5. The minimum Gasteiger partial charge on any atom is -0.496 e. The zero-order valence-corrected chi connectivity index (χ0v) is 14.8. The maximum absolute atomic E-state index is 12.2. The molecule has 0 unspecified atom stereocenters. The highest BCUT2D eigenvalue weighted by Gasteiger charge is 2.16. The molecule has 0 heterocycles. The summed E-state index contributed by atoms with van der Waals surface area (Å²) < 4.78 is 10.9. The number of rotatable bonds is 8. The number of likely N-dealkylation sites (N-methyl/N-ethyl adjacent to an activating group) is 1. The van der Waals surface area contributed by atoms with Gasteiger partial charge in [-0.2, -0.15) is 0 Å². The average molecular weight is 372 g/mol. The van der Waals surface area contributed by atoms with Crippen molar-refractivity contribution in [2.75, 3.05) is 26.8 Å². The van der Waals surface area contributed by atoms with Crippen molar-refractivity contribution in [2.45, 2.75) is 26.7 Å². The number of aryl methyl sites for hydroxylation is 1. The summed E-state index contributed by atoms with van der Waals surface area (Å²) in [6.45, 7) is 4.42. The fourth-order valence-corrected chi connectivity index (χ4v) is 2.60. The van der Waals surface area contributed by atoms with Gasteiger partial charge in [0, 0.05) is 13.0 Å². The van der Waals surface area contributed by atoms with Crippen LogP contribution in [0, 0.1) is 0 Å².